The van der Waals surface area contributed by atoms with Gasteiger partial charge < -0.3 is 24.3 Å². The van der Waals surface area contributed by atoms with Crippen LogP contribution >= 0.6 is 12.4 Å². The second-order valence-electron chi connectivity index (χ2n) is 6.72. The Kier molecular flexibility index (Phi) is 7.19. The van der Waals surface area contributed by atoms with Crippen LogP contribution in [0.15, 0.2) is 42.5 Å². The van der Waals surface area contributed by atoms with Crippen molar-refractivity contribution >= 4 is 18.3 Å². The molecular weight excluding hydrogens is 396 g/mol. The zero-order valence-corrected chi connectivity index (χ0v) is 17.1. The molecule has 0 spiro atoms. The highest BCUT2D eigenvalue weighted by atomic mass is 35.5. The number of nitrogens with one attached hydrogen (secondary N) is 1. The first-order valence-electron chi connectivity index (χ1n) is 9.38. The number of benzene rings is 2. The Morgan fingerprint density at radius 3 is 2.55 bits per heavy atom. The molecule has 0 saturated carbocycles. The molecule has 4 rings (SSSR count). The van der Waals surface area contributed by atoms with Crippen molar-refractivity contribution in [1.29, 1.82) is 0 Å². The van der Waals surface area contributed by atoms with E-state index in [1.54, 1.807) is 31.4 Å². The van der Waals surface area contributed by atoms with Crippen molar-refractivity contribution in [2.45, 2.75) is 6.04 Å². The van der Waals surface area contributed by atoms with E-state index in [2.05, 4.69) is 10.2 Å². The lowest BCUT2D eigenvalue weighted by Gasteiger charge is -2.35. The number of carbonyl (C=O) groups excluding carboxylic acids is 1. The van der Waals surface area contributed by atoms with Gasteiger partial charge in [0.1, 0.15) is 5.75 Å². The van der Waals surface area contributed by atoms with Gasteiger partial charge in [0, 0.05) is 25.2 Å². The van der Waals surface area contributed by atoms with Gasteiger partial charge in [0.15, 0.2) is 11.5 Å². The van der Waals surface area contributed by atoms with E-state index < -0.39 is 0 Å². The topological polar surface area (TPSA) is 69.3 Å². The van der Waals surface area contributed by atoms with Gasteiger partial charge >= 0.3 is 0 Å². The minimum absolute atomic E-state index is 0. The van der Waals surface area contributed by atoms with E-state index in [1.807, 2.05) is 18.2 Å². The molecule has 2 aliphatic rings. The molecule has 2 aliphatic heterocycles. The van der Waals surface area contributed by atoms with Crippen molar-refractivity contribution in [3.05, 3.63) is 53.6 Å². The maximum atomic E-state index is 12.6. The molecule has 1 amide bonds. The average molecular weight is 421 g/mol. The fraction of sp³-hybridized carbons (Fsp3) is 0.381. The number of methoxy groups -OCH3 is 1. The molecule has 2 heterocycles. The number of amides is 1. The average Bonchev–Trinajstić information content (AvgIpc) is 3.22. The van der Waals surface area contributed by atoms with Crippen molar-refractivity contribution in [3.8, 4) is 17.2 Å². The summed E-state index contributed by atoms with van der Waals surface area (Å²) >= 11 is 0. The van der Waals surface area contributed by atoms with Crippen molar-refractivity contribution < 1.29 is 23.7 Å². The van der Waals surface area contributed by atoms with E-state index in [4.69, 9.17) is 18.9 Å². The van der Waals surface area contributed by atoms with Crippen LogP contribution in [0.4, 0.5) is 0 Å². The summed E-state index contributed by atoms with van der Waals surface area (Å²) in [7, 11) is 1.60. The molecule has 8 heteroatoms. The molecule has 1 atom stereocenters. The van der Waals surface area contributed by atoms with Crippen LogP contribution in [0.2, 0.25) is 0 Å². The Morgan fingerprint density at radius 1 is 1.10 bits per heavy atom. The van der Waals surface area contributed by atoms with Gasteiger partial charge in [-0.15, -0.1) is 12.4 Å². The van der Waals surface area contributed by atoms with E-state index in [0.717, 1.165) is 35.9 Å². The van der Waals surface area contributed by atoms with Crippen LogP contribution in [-0.4, -0.2) is 57.6 Å². The van der Waals surface area contributed by atoms with Crippen LogP contribution in [0.25, 0.3) is 0 Å². The number of morpholine rings is 1. The quantitative estimate of drug-likeness (QED) is 0.774. The molecule has 0 radical (unpaired) electrons. The van der Waals surface area contributed by atoms with Gasteiger partial charge in [0.25, 0.3) is 5.91 Å². The first-order chi connectivity index (χ1) is 13.7. The number of carbonyl (C=O) groups is 1. The highest BCUT2D eigenvalue weighted by Crippen LogP contribution is 2.35. The molecule has 1 saturated heterocycles. The molecule has 1 fully saturated rings. The van der Waals surface area contributed by atoms with Crippen molar-refractivity contribution in [2.75, 3.05) is 46.8 Å². The van der Waals surface area contributed by atoms with Crippen LogP contribution in [-0.2, 0) is 4.74 Å². The molecule has 29 heavy (non-hydrogen) atoms. The van der Waals surface area contributed by atoms with Gasteiger partial charge in [-0.3, -0.25) is 9.69 Å². The van der Waals surface area contributed by atoms with E-state index >= 15 is 0 Å². The Balaban J connectivity index is 0.00000240. The Hall–Kier alpha value is -2.48. The molecule has 0 aromatic heterocycles. The first-order valence-corrected chi connectivity index (χ1v) is 9.38. The third kappa shape index (κ3) is 4.93. The van der Waals surface area contributed by atoms with Gasteiger partial charge in [-0.2, -0.15) is 0 Å². The predicted octanol–water partition coefficient (Wildman–Crippen LogP) is 2.65. The number of nitrogens with zero attached hydrogens (tertiary/aromatic N) is 1. The minimum atomic E-state index is -0.110. The molecule has 0 bridgehead atoms. The maximum absolute atomic E-state index is 12.6. The normalized spacial score (nSPS) is 16.6. The highest BCUT2D eigenvalue weighted by molar-refractivity contribution is 5.94. The monoisotopic (exact) mass is 420 g/mol. The van der Waals surface area contributed by atoms with Crippen molar-refractivity contribution in [2.24, 2.45) is 0 Å². The largest absolute Gasteiger partial charge is 0.497 e. The summed E-state index contributed by atoms with van der Waals surface area (Å²) in [5.74, 6) is 2.12. The summed E-state index contributed by atoms with van der Waals surface area (Å²) in [5.41, 5.74) is 1.69. The lowest BCUT2D eigenvalue weighted by molar-refractivity contribution is 0.0162. The molecular formula is C21H25ClN2O5. The molecule has 2 aromatic carbocycles. The Labute approximate surface area is 176 Å². The van der Waals surface area contributed by atoms with Gasteiger partial charge in [-0.25, -0.2) is 0 Å². The van der Waals surface area contributed by atoms with Gasteiger partial charge in [0.2, 0.25) is 6.79 Å². The second kappa shape index (κ2) is 9.82. The standard InChI is InChI=1S/C21H24N2O5.ClH/c1-25-17-5-2-15(3-6-17)21(24)22-13-18(23-8-10-26-11-9-23)16-4-7-19-20(12-16)28-14-27-19;/h2-7,12,18H,8-11,13-14H2,1H3,(H,22,24);1H. The maximum Gasteiger partial charge on any atom is 0.251 e. The smallest absolute Gasteiger partial charge is 0.251 e. The SMILES string of the molecule is COc1ccc(C(=O)NCC(c2ccc3c(c2)OCO3)N2CCOCC2)cc1.Cl. The molecule has 7 nitrogen and oxygen atoms in total. The minimum Gasteiger partial charge on any atom is -0.497 e. The lowest BCUT2D eigenvalue weighted by Crippen LogP contribution is -2.43. The number of fused-ring (bicyclic) bond motifs is 1. The van der Waals surface area contributed by atoms with E-state index in [9.17, 15) is 4.79 Å². The lowest BCUT2D eigenvalue weighted by atomic mass is 10.0. The van der Waals surface area contributed by atoms with Crippen LogP contribution in [0.3, 0.4) is 0 Å². The van der Waals surface area contributed by atoms with Crippen LogP contribution in [0.1, 0.15) is 22.0 Å². The van der Waals surface area contributed by atoms with Crippen molar-refractivity contribution in [1.82, 2.24) is 10.2 Å². The number of hydrogen-bond donors (Lipinski definition) is 1. The summed E-state index contributed by atoms with van der Waals surface area (Å²) in [4.78, 5) is 14.9. The number of rotatable bonds is 6. The zero-order valence-electron chi connectivity index (χ0n) is 16.3. The Bertz CT molecular complexity index is 824. The highest BCUT2D eigenvalue weighted by Gasteiger charge is 2.25. The van der Waals surface area contributed by atoms with Crippen LogP contribution in [0.5, 0.6) is 17.2 Å². The van der Waals surface area contributed by atoms with Crippen molar-refractivity contribution in [3.63, 3.8) is 0 Å². The molecule has 0 aliphatic carbocycles. The Morgan fingerprint density at radius 2 is 1.83 bits per heavy atom. The summed E-state index contributed by atoms with van der Waals surface area (Å²) in [5, 5.41) is 3.07. The van der Waals surface area contributed by atoms with Gasteiger partial charge in [-0.05, 0) is 42.0 Å². The molecule has 1 unspecified atom stereocenters. The summed E-state index contributed by atoms with van der Waals surface area (Å²) in [6, 6.07) is 13.1. The van der Waals surface area contributed by atoms with Gasteiger partial charge in [0.05, 0.1) is 26.4 Å². The zero-order chi connectivity index (χ0) is 19.3. The first kappa shape index (κ1) is 21.2. The number of ether oxygens (including phenoxy) is 4. The molecule has 2 aromatic rings. The third-order valence-electron chi connectivity index (χ3n) is 5.08. The third-order valence-corrected chi connectivity index (χ3v) is 5.08. The fourth-order valence-corrected chi connectivity index (χ4v) is 3.50. The van der Waals surface area contributed by atoms with Crippen LogP contribution < -0.4 is 19.5 Å². The summed E-state index contributed by atoms with van der Waals surface area (Å²) < 4.78 is 21.6. The second-order valence-corrected chi connectivity index (χ2v) is 6.72. The molecule has 156 valence electrons. The molecule has 1 N–H and O–H groups in total. The summed E-state index contributed by atoms with van der Waals surface area (Å²) in [6.45, 7) is 3.75. The number of hydrogen-bond acceptors (Lipinski definition) is 6. The number of halogens is 1. The van der Waals surface area contributed by atoms with E-state index in [-0.39, 0.29) is 31.1 Å². The van der Waals surface area contributed by atoms with Gasteiger partial charge in [-0.1, -0.05) is 6.07 Å². The van der Waals surface area contributed by atoms with E-state index in [0.29, 0.717) is 25.3 Å². The fourth-order valence-electron chi connectivity index (χ4n) is 3.50. The van der Waals surface area contributed by atoms with E-state index in [1.165, 1.54) is 0 Å². The summed E-state index contributed by atoms with van der Waals surface area (Å²) in [6.07, 6.45) is 0. The predicted molar refractivity (Wildman–Crippen MR) is 110 cm³/mol. The van der Waals surface area contributed by atoms with Crippen LogP contribution in [0, 0.1) is 0 Å².